The minimum atomic E-state index is -0.0341. The van der Waals surface area contributed by atoms with E-state index in [0.29, 0.717) is 42.5 Å². The number of nitrogens with one attached hydrogen (secondary N) is 2. The average Bonchev–Trinajstić information content (AvgIpc) is 3.36. The summed E-state index contributed by atoms with van der Waals surface area (Å²) in [6.45, 7) is 0.676. The molecule has 0 aromatic carbocycles. The predicted octanol–water partition coefficient (Wildman–Crippen LogP) is 2.85. The van der Waals surface area contributed by atoms with Crippen LogP contribution >= 0.6 is 0 Å². The zero-order chi connectivity index (χ0) is 24.1. The first kappa shape index (κ1) is 22.0. The minimum absolute atomic E-state index is 0.0341. The van der Waals surface area contributed by atoms with Crippen LogP contribution in [0, 0.1) is 0 Å². The molecule has 3 aromatic rings. The quantitative estimate of drug-likeness (QED) is 0.585. The number of rotatable bonds is 5. The Balaban J connectivity index is 1.25. The molecule has 3 fully saturated rings. The van der Waals surface area contributed by atoms with E-state index in [4.69, 9.17) is 4.98 Å². The number of carbonyl (C=O) groups is 2. The maximum atomic E-state index is 12.8. The number of aromatic nitrogens is 4. The first-order valence-corrected chi connectivity index (χ1v) is 12.4. The number of nitrogens with zero attached hydrogens (tertiary/aromatic N) is 6. The van der Waals surface area contributed by atoms with Crippen LogP contribution in [0.25, 0.3) is 11.0 Å². The van der Waals surface area contributed by atoms with Crippen LogP contribution in [0.2, 0.25) is 0 Å². The first-order valence-electron chi connectivity index (χ1n) is 12.4. The SMILES string of the molecule is CN(C)C(=O)c1cc2cnc(Nc3ccc(N4CC5CCC(CC4=O)N5)cn3)nc2n1C1CCC1. The molecule has 35 heavy (non-hydrogen) atoms. The predicted molar refractivity (Wildman–Crippen MR) is 133 cm³/mol. The molecular formula is C25H30N8O2. The molecule has 2 bridgehead atoms. The third-order valence-corrected chi connectivity index (χ3v) is 7.40. The number of hydrogen-bond donors (Lipinski definition) is 2. The summed E-state index contributed by atoms with van der Waals surface area (Å²) in [6, 6.07) is 6.56. The van der Waals surface area contributed by atoms with Crippen LogP contribution in [0.4, 0.5) is 17.5 Å². The minimum Gasteiger partial charge on any atom is -0.343 e. The Hall–Kier alpha value is -3.53. The molecule has 10 heteroatoms. The average molecular weight is 475 g/mol. The third-order valence-electron chi connectivity index (χ3n) is 7.40. The van der Waals surface area contributed by atoms with Gasteiger partial charge in [0.2, 0.25) is 11.9 Å². The van der Waals surface area contributed by atoms with E-state index in [1.807, 2.05) is 23.1 Å². The molecular weight excluding hydrogens is 444 g/mol. The summed E-state index contributed by atoms with van der Waals surface area (Å²) < 4.78 is 2.07. The summed E-state index contributed by atoms with van der Waals surface area (Å²) >= 11 is 0. The Bertz CT molecular complexity index is 1280. The van der Waals surface area contributed by atoms with E-state index in [-0.39, 0.29) is 17.9 Å². The van der Waals surface area contributed by atoms with Gasteiger partial charge >= 0.3 is 0 Å². The highest BCUT2D eigenvalue weighted by Crippen LogP contribution is 2.36. The smallest absolute Gasteiger partial charge is 0.270 e. The van der Waals surface area contributed by atoms with Gasteiger partial charge in [-0.25, -0.2) is 9.97 Å². The van der Waals surface area contributed by atoms with Gasteiger partial charge in [-0.3, -0.25) is 9.59 Å². The van der Waals surface area contributed by atoms with Crippen LogP contribution in [-0.4, -0.2) is 69.0 Å². The lowest BCUT2D eigenvalue weighted by molar-refractivity contribution is -0.118. The van der Waals surface area contributed by atoms with Crippen LogP contribution in [-0.2, 0) is 4.79 Å². The van der Waals surface area contributed by atoms with E-state index >= 15 is 0 Å². The largest absolute Gasteiger partial charge is 0.343 e. The second kappa shape index (κ2) is 8.60. The van der Waals surface area contributed by atoms with Crippen molar-refractivity contribution in [2.75, 3.05) is 30.9 Å². The Morgan fingerprint density at radius 1 is 1.11 bits per heavy atom. The summed E-state index contributed by atoms with van der Waals surface area (Å²) in [5.74, 6) is 1.13. The van der Waals surface area contributed by atoms with E-state index in [0.717, 1.165) is 48.8 Å². The molecule has 0 radical (unpaired) electrons. The highest BCUT2D eigenvalue weighted by Gasteiger charge is 2.34. The standard InChI is InChI=1S/C25H30N8O2/c1-31(2)24(35)20-10-15-12-27-25(30-23(15)33(20)18-4-3-5-18)29-21-9-8-19(13-26-21)32-14-17-7-6-16(28-17)11-22(32)34/h8-10,12-13,16-18,28H,3-7,11,14H2,1-2H3,(H,26,27,29,30). The van der Waals surface area contributed by atoms with Crippen molar-refractivity contribution in [2.45, 2.75) is 56.7 Å². The fraction of sp³-hybridized carbons (Fsp3) is 0.480. The van der Waals surface area contributed by atoms with Crippen LogP contribution in [0.5, 0.6) is 0 Å². The molecule has 1 aliphatic carbocycles. The van der Waals surface area contributed by atoms with E-state index in [9.17, 15) is 9.59 Å². The molecule has 2 unspecified atom stereocenters. The number of hydrogen-bond acceptors (Lipinski definition) is 7. The van der Waals surface area contributed by atoms with Gasteiger partial charge in [0.05, 0.1) is 11.9 Å². The lowest BCUT2D eigenvalue weighted by Crippen LogP contribution is -2.37. The summed E-state index contributed by atoms with van der Waals surface area (Å²) in [5, 5.41) is 7.57. The molecule has 3 aliphatic rings. The molecule has 10 nitrogen and oxygen atoms in total. The van der Waals surface area contributed by atoms with Gasteiger partial charge in [0, 0.05) is 56.8 Å². The Labute approximate surface area is 203 Å². The lowest BCUT2D eigenvalue weighted by atomic mass is 9.92. The van der Waals surface area contributed by atoms with Crippen LogP contribution < -0.4 is 15.5 Å². The van der Waals surface area contributed by atoms with Gasteiger partial charge in [-0.15, -0.1) is 0 Å². The van der Waals surface area contributed by atoms with Crippen LogP contribution in [0.1, 0.15) is 55.1 Å². The van der Waals surface area contributed by atoms with Crippen LogP contribution in [0.3, 0.4) is 0 Å². The molecule has 0 spiro atoms. The van der Waals surface area contributed by atoms with Crippen molar-refractivity contribution in [1.29, 1.82) is 0 Å². The van der Waals surface area contributed by atoms with Crippen molar-refractivity contribution < 1.29 is 9.59 Å². The van der Waals surface area contributed by atoms with Gasteiger partial charge in [-0.1, -0.05) is 0 Å². The molecule has 1 saturated carbocycles. The van der Waals surface area contributed by atoms with E-state index in [2.05, 4.69) is 25.2 Å². The van der Waals surface area contributed by atoms with Gasteiger partial charge in [0.15, 0.2) is 0 Å². The van der Waals surface area contributed by atoms with Crippen molar-refractivity contribution in [3.05, 3.63) is 36.3 Å². The number of fused-ring (bicyclic) bond motifs is 3. The molecule has 2 saturated heterocycles. The second-order valence-electron chi connectivity index (χ2n) is 10.0. The van der Waals surface area contributed by atoms with E-state index in [1.54, 1.807) is 31.4 Å². The zero-order valence-corrected chi connectivity index (χ0v) is 20.1. The number of carbonyl (C=O) groups excluding carboxylic acids is 2. The van der Waals surface area contributed by atoms with Crippen LogP contribution in [0.15, 0.2) is 30.6 Å². The van der Waals surface area contributed by atoms with Crippen molar-refractivity contribution in [2.24, 2.45) is 0 Å². The van der Waals surface area contributed by atoms with Gasteiger partial charge in [0.25, 0.3) is 5.91 Å². The van der Waals surface area contributed by atoms with Gasteiger partial charge < -0.3 is 25.0 Å². The lowest BCUT2D eigenvalue weighted by Gasteiger charge is -2.29. The topological polar surface area (TPSA) is 108 Å². The Kier molecular flexibility index (Phi) is 5.40. The third kappa shape index (κ3) is 4.01. The fourth-order valence-electron chi connectivity index (χ4n) is 5.31. The maximum Gasteiger partial charge on any atom is 0.270 e. The Morgan fingerprint density at radius 3 is 2.66 bits per heavy atom. The summed E-state index contributed by atoms with van der Waals surface area (Å²) in [4.78, 5) is 42.7. The van der Waals surface area contributed by atoms with Gasteiger partial charge in [-0.2, -0.15) is 4.98 Å². The normalized spacial score (nSPS) is 22.2. The van der Waals surface area contributed by atoms with Crippen molar-refractivity contribution >= 4 is 40.3 Å². The molecule has 3 aromatic heterocycles. The second-order valence-corrected chi connectivity index (χ2v) is 10.0. The molecule has 5 heterocycles. The molecule has 2 atom stereocenters. The molecule has 182 valence electrons. The van der Waals surface area contributed by atoms with Gasteiger partial charge in [0.1, 0.15) is 17.2 Å². The highest BCUT2D eigenvalue weighted by atomic mass is 16.2. The highest BCUT2D eigenvalue weighted by molar-refractivity contribution is 5.98. The number of pyridine rings is 1. The molecule has 6 rings (SSSR count). The number of anilines is 3. The van der Waals surface area contributed by atoms with E-state index < -0.39 is 0 Å². The summed E-state index contributed by atoms with van der Waals surface area (Å²) in [7, 11) is 3.53. The monoisotopic (exact) mass is 474 g/mol. The maximum absolute atomic E-state index is 12.8. The fourth-order valence-corrected chi connectivity index (χ4v) is 5.31. The molecule has 2 aliphatic heterocycles. The van der Waals surface area contributed by atoms with Crippen molar-refractivity contribution in [3.63, 3.8) is 0 Å². The summed E-state index contributed by atoms with van der Waals surface area (Å²) in [5.41, 5.74) is 2.21. The molecule has 2 amide bonds. The van der Waals surface area contributed by atoms with Crippen molar-refractivity contribution in [1.82, 2.24) is 29.7 Å². The van der Waals surface area contributed by atoms with Gasteiger partial charge in [-0.05, 0) is 50.3 Å². The number of amides is 2. The zero-order valence-electron chi connectivity index (χ0n) is 20.1. The Morgan fingerprint density at radius 2 is 1.94 bits per heavy atom. The van der Waals surface area contributed by atoms with E-state index in [1.165, 1.54) is 0 Å². The first-order chi connectivity index (χ1) is 17.0. The molecule has 2 N–H and O–H groups in total. The van der Waals surface area contributed by atoms with Crippen molar-refractivity contribution in [3.8, 4) is 0 Å². The summed E-state index contributed by atoms with van der Waals surface area (Å²) in [6.07, 6.45) is 9.42.